The molecule has 0 saturated heterocycles. The van der Waals surface area contributed by atoms with E-state index in [0.717, 1.165) is 18.4 Å². The first-order chi connectivity index (χ1) is 9.80. The number of rotatable bonds is 4. The van der Waals surface area contributed by atoms with Crippen molar-refractivity contribution in [2.45, 2.75) is 4.90 Å². The van der Waals surface area contributed by atoms with Gasteiger partial charge in [0.25, 0.3) is 5.69 Å². The Bertz CT molecular complexity index is 813. The summed E-state index contributed by atoms with van der Waals surface area (Å²) in [6.07, 6.45) is 0.883. The third-order valence-electron chi connectivity index (χ3n) is 2.85. The lowest BCUT2D eigenvalue weighted by molar-refractivity contribution is -0.387. The van der Waals surface area contributed by atoms with Crippen molar-refractivity contribution in [1.82, 2.24) is 0 Å². The molecule has 6 nitrogen and oxygen atoms in total. The van der Waals surface area contributed by atoms with Gasteiger partial charge in [-0.3, -0.25) is 14.9 Å². The van der Waals surface area contributed by atoms with Gasteiger partial charge < -0.3 is 0 Å². The highest BCUT2D eigenvalue weighted by Gasteiger charge is 2.24. The summed E-state index contributed by atoms with van der Waals surface area (Å²) in [4.78, 5) is 22.0. The van der Waals surface area contributed by atoms with Gasteiger partial charge in [0.05, 0.1) is 4.92 Å². The summed E-state index contributed by atoms with van der Waals surface area (Å²) in [7, 11) is -3.74. The van der Waals surface area contributed by atoms with Crippen LogP contribution >= 0.6 is 0 Å². The molecule has 0 bridgehead atoms. The molecule has 0 aliphatic rings. The highest BCUT2D eigenvalue weighted by Crippen LogP contribution is 2.26. The fourth-order valence-electron chi connectivity index (χ4n) is 1.87. The largest absolute Gasteiger partial charge is 0.289 e. The lowest BCUT2D eigenvalue weighted by Gasteiger charge is -2.04. The van der Waals surface area contributed by atoms with Crippen molar-refractivity contribution >= 4 is 21.3 Å². The Morgan fingerprint density at radius 3 is 2.19 bits per heavy atom. The summed E-state index contributed by atoms with van der Waals surface area (Å²) in [5.41, 5.74) is -0.154. The number of nitrogens with zero attached hydrogens (tertiary/aromatic N) is 1. The van der Waals surface area contributed by atoms with Crippen molar-refractivity contribution in [3.8, 4) is 0 Å². The molecule has 0 radical (unpaired) electrons. The van der Waals surface area contributed by atoms with Crippen molar-refractivity contribution in [2.24, 2.45) is 0 Å². The van der Waals surface area contributed by atoms with E-state index in [4.69, 9.17) is 0 Å². The molecule has 0 atom stereocenters. The van der Waals surface area contributed by atoms with Gasteiger partial charge in [-0.25, -0.2) is 8.42 Å². The topological polar surface area (TPSA) is 94.3 Å². The molecule has 21 heavy (non-hydrogen) atoms. The average molecular weight is 305 g/mol. The van der Waals surface area contributed by atoms with Crippen molar-refractivity contribution in [3.63, 3.8) is 0 Å². The molecule has 0 fully saturated rings. The summed E-state index contributed by atoms with van der Waals surface area (Å²) in [5.74, 6) is -0.404. The minimum absolute atomic E-state index is 0.0697. The molecule has 0 aromatic heterocycles. The molecule has 2 rings (SSSR count). The number of hydrogen-bond acceptors (Lipinski definition) is 5. The molecular formula is C14H11NO5S. The molecule has 0 aliphatic heterocycles. The van der Waals surface area contributed by atoms with Crippen LogP contribution in [0.25, 0.3) is 0 Å². The Hall–Kier alpha value is -2.54. The zero-order valence-electron chi connectivity index (χ0n) is 11.0. The van der Waals surface area contributed by atoms with Crippen LogP contribution in [0, 0.1) is 10.1 Å². The molecule has 0 heterocycles. The molecule has 0 spiro atoms. The van der Waals surface area contributed by atoms with E-state index in [2.05, 4.69) is 0 Å². The number of carbonyl (C=O) groups excluding carboxylic acids is 1. The van der Waals surface area contributed by atoms with Crippen LogP contribution in [0.15, 0.2) is 53.4 Å². The van der Waals surface area contributed by atoms with Crippen molar-refractivity contribution < 1.29 is 18.1 Å². The number of ketones is 1. The van der Waals surface area contributed by atoms with E-state index in [0.29, 0.717) is 5.56 Å². The SMILES string of the molecule is CS(=O)(=O)c1ccc(C(=O)c2ccccc2)cc1[N+](=O)[O-]. The Morgan fingerprint density at radius 1 is 1.05 bits per heavy atom. The Labute approximate surface area is 121 Å². The van der Waals surface area contributed by atoms with Crippen LogP contribution in [-0.2, 0) is 9.84 Å². The van der Waals surface area contributed by atoms with Crippen LogP contribution in [0.3, 0.4) is 0 Å². The Kier molecular flexibility index (Phi) is 3.86. The summed E-state index contributed by atoms with van der Waals surface area (Å²) in [6, 6.07) is 11.6. The number of carbonyl (C=O) groups is 1. The first-order valence-corrected chi connectivity index (χ1v) is 7.78. The molecule has 7 heteroatoms. The van der Waals surface area contributed by atoms with E-state index in [1.54, 1.807) is 30.3 Å². The highest BCUT2D eigenvalue weighted by molar-refractivity contribution is 7.90. The smallest absolute Gasteiger partial charge is 0.288 e. The van der Waals surface area contributed by atoms with Gasteiger partial charge in [-0.05, 0) is 12.1 Å². The van der Waals surface area contributed by atoms with Gasteiger partial charge in [0.1, 0.15) is 4.90 Å². The predicted molar refractivity (Wildman–Crippen MR) is 76.1 cm³/mol. The van der Waals surface area contributed by atoms with Gasteiger partial charge in [-0.15, -0.1) is 0 Å². The number of nitro benzene ring substituents is 1. The lowest BCUT2D eigenvalue weighted by Crippen LogP contribution is -2.06. The van der Waals surface area contributed by atoms with Gasteiger partial charge in [0.2, 0.25) is 0 Å². The molecular weight excluding hydrogens is 294 g/mol. The maximum Gasteiger partial charge on any atom is 0.288 e. The van der Waals surface area contributed by atoms with Gasteiger partial charge in [-0.2, -0.15) is 0 Å². The molecule has 2 aromatic rings. The third kappa shape index (κ3) is 3.14. The first kappa shape index (κ1) is 14.9. The minimum atomic E-state index is -3.74. The van der Waals surface area contributed by atoms with E-state index in [1.807, 2.05) is 0 Å². The van der Waals surface area contributed by atoms with Gasteiger partial charge >= 0.3 is 0 Å². The third-order valence-corrected chi connectivity index (χ3v) is 4.00. The average Bonchev–Trinajstić information content (AvgIpc) is 2.45. The fraction of sp³-hybridized carbons (Fsp3) is 0.0714. The second-order valence-electron chi connectivity index (χ2n) is 4.41. The second kappa shape index (κ2) is 5.45. The molecule has 0 saturated carbocycles. The zero-order chi connectivity index (χ0) is 15.6. The van der Waals surface area contributed by atoms with Crippen molar-refractivity contribution in [1.29, 1.82) is 0 Å². The van der Waals surface area contributed by atoms with E-state index in [9.17, 15) is 23.3 Å². The Balaban J connectivity index is 2.56. The summed E-state index contributed by atoms with van der Waals surface area (Å²) < 4.78 is 23.0. The fourth-order valence-corrected chi connectivity index (χ4v) is 2.70. The summed E-state index contributed by atoms with van der Waals surface area (Å²) in [5, 5.41) is 11.0. The van der Waals surface area contributed by atoms with Gasteiger partial charge in [-0.1, -0.05) is 30.3 Å². The maximum absolute atomic E-state index is 12.2. The molecule has 0 amide bonds. The summed E-state index contributed by atoms with van der Waals surface area (Å²) >= 11 is 0. The molecule has 0 unspecified atom stereocenters. The van der Waals surface area contributed by atoms with Crippen molar-refractivity contribution in [2.75, 3.05) is 6.26 Å². The minimum Gasteiger partial charge on any atom is -0.289 e. The van der Waals surface area contributed by atoms with Crippen molar-refractivity contribution in [3.05, 3.63) is 69.8 Å². The second-order valence-corrected chi connectivity index (χ2v) is 6.39. The van der Waals surface area contributed by atoms with Crippen LogP contribution in [-0.4, -0.2) is 25.4 Å². The molecule has 0 N–H and O–H groups in total. The van der Waals surface area contributed by atoms with Gasteiger partial charge in [0, 0.05) is 23.4 Å². The monoisotopic (exact) mass is 305 g/mol. The standard InChI is InChI=1S/C14H11NO5S/c1-21(19,20)13-8-7-11(9-12(13)15(17)18)14(16)10-5-3-2-4-6-10/h2-9H,1H3. The molecule has 0 aliphatic carbocycles. The van der Waals surface area contributed by atoms with Crippen LogP contribution in [0.5, 0.6) is 0 Å². The van der Waals surface area contributed by atoms with Gasteiger partial charge in [0.15, 0.2) is 15.6 Å². The maximum atomic E-state index is 12.2. The number of sulfone groups is 1. The number of benzene rings is 2. The van der Waals surface area contributed by atoms with E-state index in [1.165, 1.54) is 6.07 Å². The first-order valence-electron chi connectivity index (χ1n) is 5.89. The molecule has 108 valence electrons. The van der Waals surface area contributed by atoms with Crippen LogP contribution in [0.1, 0.15) is 15.9 Å². The summed E-state index contributed by atoms with van der Waals surface area (Å²) in [6.45, 7) is 0. The predicted octanol–water partition coefficient (Wildman–Crippen LogP) is 2.23. The normalized spacial score (nSPS) is 11.1. The number of nitro groups is 1. The molecule has 2 aromatic carbocycles. The van der Waals surface area contributed by atoms with E-state index in [-0.39, 0.29) is 5.56 Å². The lowest BCUT2D eigenvalue weighted by atomic mass is 10.0. The quantitative estimate of drug-likeness (QED) is 0.490. The van der Waals surface area contributed by atoms with Crippen LogP contribution in [0.2, 0.25) is 0 Å². The Morgan fingerprint density at radius 2 is 1.67 bits per heavy atom. The zero-order valence-corrected chi connectivity index (χ0v) is 11.8. The van der Waals surface area contributed by atoms with E-state index < -0.39 is 31.1 Å². The van der Waals surface area contributed by atoms with E-state index >= 15 is 0 Å². The van der Waals surface area contributed by atoms with Crippen LogP contribution in [0.4, 0.5) is 5.69 Å². The highest BCUT2D eigenvalue weighted by atomic mass is 32.2. The van der Waals surface area contributed by atoms with Crippen LogP contribution < -0.4 is 0 Å². The number of hydrogen-bond donors (Lipinski definition) is 0.